The Morgan fingerprint density at radius 2 is 1.97 bits per heavy atom. The molecule has 0 unspecified atom stereocenters. The summed E-state index contributed by atoms with van der Waals surface area (Å²) in [5, 5.41) is 14.4. The molecule has 0 radical (unpaired) electrons. The summed E-state index contributed by atoms with van der Waals surface area (Å²) >= 11 is 0. The zero-order chi connectivity index (χ0) is 22.1. The lowest BCUT2D eigenvalue weighted by Gasteiger charge is -2.09. The van der Waals surface area contributed by atoms with E-state index in [4.69, 9.17) is 14.2 Å². The van der Waals surface area contributed by atoms with E-state index in [9.17, 15) is 14.9 Å². The number of nitrogens with zero attached hydrogens (tertiary/aromatic N) is 1. The summed E-state index contributed by atoms with van der Waals surface area (Å²) in [5.74, 6) is 1.60. The Morgan fingerprint density at radius 1 is 1.09 bits per heavy atom. The maximum atomic E-state index is 12.8. The second kappa shape index (κ2) is 7.95. The van der Waals surface area contributed by atoms with Crippen molar-refractivity contribution in [2.45, 2.75) is 6.61 Å². The van der Waals surface area contributed by atoms with E-state index in [-0.39, 0.29) is 18.4 Å². The van der Waals surface area contributed by atoms with E-state index in [1.807, 2.05) is 18.2 Å². The molecule has 5 rings (SSSR count). The van der Waals surface area contributed by atoms with Crippen LogP contribution in [0.2, 0.25) is 0 Å². The summed E-state index contributed by atoms with van der Waals surface area (Å²) in [6, 6.07) is 17.0. The molecule has 0 saturated carbocycles. The topological polar surface area (TPSA) is 116 Å². The number of non-ortho nitro benzene ring substituents is 1. The molecule has 0 spiro atoms. The predicted octanol–water partition coefficient (Wildman–Crippen LogP) is 4.64. The number of anilines is 1. The number of amides is 1. The Morgan fingerprint density at radius 3 is 2.84 bits per heavy atom. The van der Waals surface area contributed by atoms with Crippen LogP contribution in [0.4, 0.5) is 11.4 Å². The van der Waals surface area contributed by atoms with Gasteiger partial charge in [-0.3, -0.25) is 14.9 Å². The number of nitrogens with one attached hydrogen (secondary N) is 2. The summed E-state index contributed by atoms with van der Waals surface area (Å²) in [7, 11) is 0. The second-order valence-corrected chi connectivity index (χ2v) is 7.15. The molecule has 160 valence electrons. The van der Waals surface area contributed by atoms with Crippen LogP contribution in [0.15, 0.2) is 66.9 Å². The fraction of sp³-hybridized carbons (Fsp3) is 0.0870. The number of carbonyl (C=O) groups excluding carboxylic acids is 1. The number of aromatic nitrogens is 1. The van der Waals surface area contributed by atoms with Gasteiger partial charge in [0.15, 0.2) is 11.5 Å². The van der Waals surface area contributed by atoms with E-state index in [0.717, 1.165) is 5.56 Å². The van der Waals surface area contributed by atoms with Gasteiger partial charge in [0.2, 0.25) is 6.79 Å². The number of hydrogen-bond acceptors (Lipinski definition) is 6. The molecule has 1 aliphatic rings. The zero-order valence-electron chi connectivity index (χ0n) is 16.7. The van der Waals surface area contributed by atoms with E-state index in [2.05, 4.69) is 10.3 Å². The highest BCUT2D eigenvalue weighted by atomic mass is 16.7. The SMILES string of the molecule is O=C(Nc1cccc(COc2ccc3c(c2)OCO3)c1)c1c[nH]c2ccc([N+](=O)[O-])cc12. The van der Waals surface area contributed by atoms with Crippen molar-refractivity contribution in [2.24, 2.45) is 0 Å². The second-order valence-electron chi connectivity index (χ2n) is 7.15. The first kappa shape index (κ1) is 19.4. The molecular weight excluding hydrogens is 414 g/mol. The van der Waals surface area contributed by atoms with Gasteiger partial charge in [-0.1, -0.05) is 12.1 Å². The number of fused-ring (bicyclic) bond motifs is 2. The standard InChI is InChI=1S/C23H17N3O6/c27-23(19-11-24-20-6-4-16(26(28)29)9-18(19)20)25-15-3-1-2-14(8-15)12-30-17-5-7-21-22(10-17)32-13-31-21/h1-11,24H,12-13H2,(H,25,27). The average molecular weight is 431 g/mol. The lowest BCUT2D eigenvalue weighted by atomic mass is 10.1. The van der Waals surface area contributed by atoms with Gasteiger partial charge in [-0.2, -0.15) is 0 Å². The monoisotopic (exact) mass is 431 g/mol. The minimum atomic E-state index is -0.488. The van der Waals surface area contributed by atoms with Gasteiger partial charge in [0, 0.05) is 41.0 Å². The van der Waals surface area contributed by atoms with Gasteiger partial charge in [-0.25, -0.2) is 0 Å². The van der Waals surface area contributed by atoms with Crippen LogP contribution in [0.5, 0.6) is 17.2 Å². The van der Waals surface area contributed by atoms with Gasteiger partial charge >= 0.3 is 0 Å². The number of hydrogen-bond donors (Lipinski definition) is 2. The van der Waals surface area contributed by atoms with Crippen molar-refractivity contribution < 1.29 is 23.9 Å². The maximum Gasteiger partial charge on any atom is 0.270 e. The first-order valence-corrected chi connectivity index (χ1v) is 9.75. The molecule has 0 atom stereocenters. The highest BCUT2D eigenvalue weighted by Crippen LogP contribution is 2.35. The van der Waals surface area contributed by atoms with Gasteiger partial charge in [0.25, 0.3) is 11.6 Å². The van der Waals surface area contributed by atoms with Gasteiger partial charge in [0.1, 0.15) is 12.4 Å². The molecule has 32 heavy (non-hydrogen) atoms. The third-order valence-electron chi connectivity index (χ3n) is 5.06. The summed E-state index contributed by atoms with van der Waals surface area (Å²) in [5.41, 5.74) is 2.34. The largest absolute Gasteiger partial charge is 0.489 e. The molecule has 0 saturated heterocycles. The molecule has 1 aliphatic heterocycles. The molecule has 2 N–H and O–H groups in total. The summed E-state index contributed by atoms with van der Waals surface area (Å²) in [6.45, 7) is 0.493. The van der Waals surface area contributed by atoms with Gasteiger partial charge in [0.05, 0.1) is 10.5 Å². The maximum absolute atomic E-state index is 12.8. The van der Waals surface area contributed by atoms with Crippen molar-refractivity contribution in [3.63, 3.8) is 0 Å². The number of nitro benzene ring substituents is 1. The van der Waals surface area contributed by atoms with Gasteiger partial charge < -0.3 is 24.5 Å². The van der Waals surface area contributed by atoms with Crippen LogP contribution in [-0.4, -0.2) is 22.6 Å². The predicted molar refractivity (Wildman–Crippen MR) is 116 cm³/mol. The van der Waals surface area contributed by atoms with E-state index in [1.165, 1.54) is 18.3 Å². The first-order chi connectivity index (χ1) is 15.6. The normalized spacial score (nSPS) is 12.0. The van der Waals surface area contributed by atoms with Crippen molar-refractivity contribution in [3.05, 3.63) is 88.1 Å². The van der Waals surface area contributed by atoms with E-state index in [1.54, 1.807) is 30.3 Å². The Kier molecular flexibility index (Phi) is 4.83. The molecule has 2 heterocycles. The minimum absolute atomic E-state index is 0.0752. The van der Waals surface area contributed by atoms with E-state index in [0.29, 0.717) is 46.0 Å². The quantitative estimate of drug-likeness (QED) is 0.340. The summed E-state index contributed by atoms with van der Waals surface area (Å²) in [4.78, 5) is 26.4. The van der Waals surface area contributed by atoms with Crippen molar-refractivity contribution in [2.75, 3.05) is 12.1 Å². The van der Waals surface area contributed by atoms with Crippen molar-refractivity contribution in [1.82, 2.24) is 4.98 Å². The summed E-state index contributed by atoms with van der Waals surface area (Å²) in [6.07, 6.45) is 1.54. The van der Waals surface area contributed by atoms with Crippen LogP contribution in [0, 0.1) is 10.1 Å². The lowest BCUT2D eigenvalue weighted by Crippen LogP contribution is -2.11. The first-order valence-electron chi connectivity index (χ1n) is 9.75. The third kappa shape index (κ3) is 3.79. The molecule has 0 aliphatic carbocycles. The fourth-order valence-corrected chi connectivity index (χ4v) is 3.48. The van der Waals surface area contributed by atoms with Crippen molar-refractivity contribution >= 4 is 28.2 Å². The highest BCUT2D eigenvalue weighted by molar-refractivity contribution is 6.13. The van der Waals surface area contributed by atoms with E-state index >= 15 is 0 Å². The molecular formula is C23H17N3O6. The van der Waals surface area contributed by atoms with Crippen LogP contribution < -0.4 is 19.5 Å². The third-order valence-corrected chi connectivity index (χ3v) is 5.06. The Bertz CT molecular complexity index is 1350. The number of nitro groups is 1. The molecule has 3 aromatic carbocycles. The lowest BCUT2D eigenvalue weighted by molar-refractivity contribution is -0.384. The molecule has 1 amide bonds. The van der Waals surface area contributed by atoms with Crippen LogP contribution in [-0.2, 0) is 6.61 Å². The number of benzene rings is 3. The smallest absolute Gasteiger partial charge is 0.270 e. The van der Waals surface area contributed by atoms with Crippen molar-refractivity contribution in [1.29, 1.82) is 0 Å². The highest BCUT2D eigenvalue weighted by Gasteiger charge is 2.16. The van der Waals surface area contributed by atoms with Crippen LogP contribution in [0.3, 0.4) is 0 Å². The number of H-pyrrole nitrogens is 1. The van der Waals surface area contributed by atoms with Crippen molar-refractivity contribution in [3.8, 4) is 17.2 Å². The Balaban J connectivity index is 1.29. The van der Waals surface area contributed by atoms with Gasteiger partial charge in [-0.15, -0.1) is 0 Å². The number of aromatic amines is 1. The molecule has 1 aromatic heterocycles. The van der Waals surface area contributed by atoms with E-state index < -0.39 is 4.92 Å². The number of ether oxygens (including phenoxy) is 3. The zero-order valence-corrected chi connectivity index (χ0v) is 16.7. The van der Waals surface area contributed by atoms with Crippen LogP contribution in [0.1, 0.15) is 15.9 Å². The molecule has 9 nitrogen and oxygen atoms in total. The molecule has 0 bridgehead atoms. The van der Waals surface area contributed by atoms with Crippen LogP contribution in [0.25, 0.3) is 10.9 Å². The van der Waals surface area contributed by atoms with Crippen LogP contribution >= 0.6 is 0 Å². The fourth-order valence-electron chi connectivity index (χ4n) is 3.48. The number of carbonyl (C=O) groups is 1. The average Bonchev–Trinajstić information content (AvgIpc) is 3.44. The molecule has 9 heteroatoms. The minimum Gasteiger partial charge on any atom is -0.489 e. The molecule has 0 fully saturated rings. The molecule has 4 aromatic rings. The Labute approximate surface area is 181 Å². The van der Waals surface area contributed by atoms with Gasteiger partial charge in [-0.05, 0) is 35.9 Å². The Hall–Kier alpha value is -4.53. The number of rotatable bonds is 6. The summed E-state index contributed by atoms with van der Waals surface area (Å²) < 4.78 is 16.5.